The lowest BCUT2D eigenvalue weighted by Crippen LogP contribution is -1.99. The van der Waals surface area contributed by atoms with Crippen molar-refractivity contribution >= 4 is 10.8 Å². The second kappa shape index (κ2) is 4.82. The lowest BCUT2D eigenvalue weighted by molar-refractivity contribution is 0.220. The number of aliphatic hydroxyl groups excluding tert-OH is 1. The Morgan fingerprint density at radius 2 is 1.37 bits per heavy atom. The summed E-state index contributed by atoms with van der Waals surface area (Å²) in [7, 11) is 0. The first kappa shape index (κ1) is 11.9. The van der Waals surface area contributed by atoms with E-state index in [4.69, 9.17) is 0 Å². The van der Waals surface area contributed by atoms with Crippen molar-refractivity contribution in [1.82, 2.24) is 0 Å². The summed E-state index contributed by atoms with van der Waals surface area (Å²) in [5, 5.41) is 12.5. The van der Waals surface area contributed by atoms with Crippen LogP contribution in [0.2, 0.25) is 0 Å². The minimum atomic E-state index is -0.731. The first-order chi connectivity index (χ1) is 9.24. The molecule has 0 saturated heterocycles. The highest BCUT2D eigenvalue weighted by atomic mass is 19.1. The van der Waals surface area contributed by atoms with Crippen LogP contribution in [0, 0.1) is 5.82 Å². The van der Waals surface area contributed by atoms with Gasteiger partial charge in [-0.25, -0.2) is 4.39 Å². The number of fused-ring (bicyclic) bond motifs is 1. The molecule has 0 heterocycles. The first-order valence-corrected chi connectivity index (χ1v) is 6.16. The average molecular weight is 252 g/mol. The quantitative estimate of drug-likeness (QED) is 0.729. The molecule has 0 aliphatic carbocycles. The van der Waals surface area contributed by atoms with Gasteiger partial charge in [0.25, 0.3) is 0 Å². The maximum atomic E-state index is 12.9. The second-order valence-corrected chi connectivity index (χ2v) is 4.56. The van der Waals surface area contributed by atoms with E-state index in [-0.39, 0.29) is 5.82 Å². The minimum Gasteiger partial charge on any atom is -0.384 e. The van der Waals surface area contributed by atoms with E-state index in [2.05, 4.69) is 0 Å². The summed E-state index contributed by atoms with van der Waals surface area (Å²) >= 11 is 0. The Balaban J connectivity index is 2.01. The van der Waals surface area contributed by atoms with Crippen molar-refractivity contribution in [1.29, 1.82) is 0 Å². The van der Waals surface area contributed by atoms with Crippen LogP contribution in [0.4, 0.5) is 4.39 Å². The van der Waals surface area contributed by atoms with Gasteiger partial charge < -0.3 is 5.11 Å². The Morgan fingerprint density at radius 3 is 2.11 bits per heavy atom. The minimum absolute atomic E-state index is 0.297. The monoisotopic (exact) mass is 252 g/mol. The molecular weight excluding hydrogens is 239 g/mol. The van der Waals surface area contributed by atoms with Gasteiger partial charge in [0.15, 0.2) is 0 Å². The first-order valence-electron chi connectivity index (χ1n) is 6.16. The molecule has 3 rings (SSSR count). The highest BCUT2D eigenvalue weighted by Crippen LogP contribution is 2.25. The van der Waals surface area contributed by atoms with E-state index in [1.165, 1.54) is 12.1 Å². The van der Waals surface area contributed by atoms with Crippen LogP contribution in [-0.4, -0.2) is 5.11 Å². The third kappa shape index (κ3) is 2.35. The normalized spacial score (nSPS) is 12.5. The Kier molecular flexibility index (Phi) is 3.02. The van der Waals surface area contributed by atoms with Crippen LogP contribution in [0.5, 0.6) is 0 Å². The molecule has 1 N–H and O–H groups in total. The molecule has 1 nitrogen and oxygen atoms in total. The van der Waals surface area contributed by atoms with Gasteiger partial charge in [-0.15, -0.1) is 0 Å². The molecule has 0 aromatic heterocycles. The van der Waals surface area contributed by atoms with Crippen molar-refractivity contribution < 1.29 is 9.50 Å². The zero-order valence-corrected chi connectivity index (χ0v) is 10.3. The van der Waals surface area contributed by atoms with Crippen molar-refractivity contribution in [2.75, 3.05) is 0 Å². The predicted octanol–water partition coefficient (Wildman–Crippen LogP) is 4.06. The average Bonchev–Trinajstić information content (AvgIpc) is 2.47. The Bertz CT molecular complexity index is 704. The van der Waals surface area contributed by atoms with Crippen LogP contribution in [0.1, 0.15) is 17.2 Å². The van der Waals surface area contributed by atoms with Crippen LogP contribution in [0.3, 0.4) is 0 Å². The zero-order valence-electron chi connectivity index (χ0n) is 10.3. The molecule has 3 aromatic carbocycles. The SMILES string of the molecule is OC(c1ccc(F)cc1)c1ccc2ccccc2c1. The summed E-state index contributed by atoms with van der Waals surface area (Å²) in [5.41, 5.74) is 1.50. The van der Waals surface area contributed by atoms with E-state index in [0.29, 0.717) is 5.56 Å². The summed E-state index contributed by atoms with van der Waals surface area (Å²) in [5.74, 6) is -0.297. The number of rotatable bonds is 2. The van der Waals surface area contributed by atoms with E-state index >= 15 is 0 Å². The number of benzene rings is 3. The van der Waals surface area contributed by atoms with Crippen molar-refractivity contribution in [3.05, 3.63) is 83.7 Å². The fraction of sp³-hybridized carbons (Fsp3) is 0.0588. The molecule has 2 heteroatoms. The molecule has 0 aliphatic heterocycles. The lowest BCUT2D eigenvalue weighted by atomic mass is 9.98. The van der Waals surface area contributed by atoms with Gasteiger partial charge in [0.1, 0.15) is 11.9 Å². The van der Waals surface area contributed by atoms with Crippen molar-refractivity contribution in [3.8, 4) is 0 Å². The molecule has 0 amide bonds. The maximum absolute atomic E-state index is 12.9. The molecule has 1 atom stereocenters. The van der Waals surface area contributed by atoms with Gasteiger partial charge in [0.05, 0.1) is 0 Å². The zero-order chi connectivity index (χ0) is 13.2. The Hall–Kier alpha value is -2.19. The summed E-state index contributed by atoms with van der Waals surface area (Å²) in [6.07, 6.45) is -0.731. The number of halogens is 1. The number of hydrogen-bond acceptors (Lipinski definition) is 1. The van der Waals surface area contributed by atoms with Gasteiger partial charge in [-0.2, -0.15) is 0 Å². The van der Waals surface area contributed by atoms with E-state index in [9.17, 15) is 9.50 Å². The van der Waals surface area contributed by atoms with Crippen LogP contribution in [0.25, 0.3) is 10.8 Å². The largest absolute Gasteiger partial charge is 0.384 e. The van der Waals surface area contributed by atoms with Gasteiger partial charge in [0, 0.05) is 0 Å². The molecule has 3 aromatic rings. The highest BCUT2D eigenvalue weighted by Gasteiger charge is 2.10. The van der Waals surface area contributed by atoms with E-state index < -0.39 is 6.10 Å². The van der Waals surface area contributed by atoms with Crippen LogP contribution < -0.4 is 0 Å². The van der Waals surface area contributed by atoms with Gasteiger partial charge in [-0.1, -0.05) is 48.5 Å². The summed E-state index contributed by atoms with van der Waals surface area (Å²) in [6.45, 7) is 0. The van der Waals surface area contributed by atoms with Gasteiger partial charge in [-0.05, 0) is 40.1 Å². The van der Waals surface area contributed by atoms with Crippen molar-refractivity contribution in [2.45, 2.75) is 6.10 Å². The molecule has 0 radical (unpaired) electrons. The lowest BCUT2D eigenvalue weighted by Gasteiger charge is -2.12. The predicted molar refractivity (Wildman–Crippen MR) is 74.4 cm³/mol. The molecule has 1 unspecified atom stereocenters. The Labute approximate surface area is 110 Å². The van der Waals surface area contributed by atoms with E-state index in [0.717, 1.165) is 16.3 Å². The van der Waals surface area contributed by atoms with Gasteiger partial charge in [0.2, 0.25) is 0 Å². The fourth-order valence-corrected chi connectivity index (χ4v) is 2.22. The summed E-state index contributed by atoms with van der Waals surface area (Å²) < 4.78 is 12.9. The number of hydrogen-bond donors (Lipinski definition) is 1. The van der Waals surface area contributed by atoms with Gasteiger partial charge in [-0.3, -0.25) is 0 Å². The third-order valence-electron chi connectivity index (χ3n) is 3.28. The molecule has 0 bridgehead atoms. The summed E-state index contributed by atoms with van der Waals surface area (Å²) in [6, 6.07) is 19.8. The molecule has 0 fully saturated rings. The van der Waals surface area contributed by atoms with Crippen LogP contribution in [0.15, 0.2) is 66.7 Å². The number of aliphatic hydroxyl groups is 1. The Morgan fingerprint density at radius 1 is 0.737 bits per heavy atom. The van der Waals surface area contributed by atoms with E-state index in [1.807, 2.05) is 42.5 Å². The molecule has 0 aliphatic rings. The van der Waals surface area contributed by atoms with Crippen molar-refractivity contribution in [3.63, 3.8) is 0 Å². The second-order valence-electron chi connectivity index (χ2n) is 4.56. The smallest absolute Gasteiger partial charge is 0.123 e. The topological polar surface area (TPSA) is 20.2 Å². The molecule has 0 spiro atoms. The van der Waals surface area contributed by atoms with Crippen molar-refractivity contribution in [2.24, 2.45) is 0 Å². The molecule has 94 valence electrons. The van der Waals surface area contributed by atoms with Crippen LogP contribution in [-0.2, 0) is 0 Å². The highest BCUT2D eigenvalue weighted by molar-refractivity contribution is 5.83. The maximum Gasteiger partial charge on any atom is 0.123 e. The van der Waals surface area contributed by atoms with Crippen LogP contribution >= 0.6 is 0 Å². The standard InChI is InChI=1S/C17H13FO/c18-16-9-7-13(8-10-16)17(19)15-6-5-12-3-1-2-4-14(12)11-15/h1-11,17,19H. The molecule has 19 heavy (non-hydrogen) atoms. The molecule has 0 saturated carbocycles. The summed E-state index contributed by atoms with van der Waals surface area (Å²) in [4.78, 5) is 0. The van der Waals surface area contributed by atoms with E-state index in [1.54, 1.807) is 12.1 Å². The third-order valence-corrected chi connectivity index (χ3v) is 3.28. The molecular formula is C17H13FO. The fourth-order valence-electron chi connectivity index (χ4n) is 2.22. The van der Waals surface area contributed by atoms with Gasteiger partial charge >= 0.3 is 0 Å².